The molecule has 0 radical (unpaired) electrons. The Kier molecular flexibility index (Phi) is 7.93. The third kappa shape index (κ3) is 8.75. The van der Waals surface area contributed by atoms with E-state index in [9.17, 15) is 14.0 Å². The summed E-state index contributed by atoms with van der Waals surface area (Å²) in [5.41, 5.74) is 0.246. The van der Waals surface area contributed by atoms with E-state index in [0.29, 0.717) is 19.5 Å². The maximum absolute atomic E-state index is 12.9. The summed E-state index contributed by atoms with van der Waals surface area (Å²) >= 11 is 0. The first-order valence-corrected chi connectivity index (χ1v) is 8.14. The third-order valence-electron chi connectivity index (χ3n) is 3.16. The van der Waals surface area contributed by atoms with Gasteiger partial charge in [-0.2, -0.15) is 0 Å². The van der Waals surface area contributed by atoms with E-state index in [1.54, 1.807) is 32.9 Å². The van der Waals surface area contributed by atoms with E-state index >= 15 is 0 Å². The lowest BCUT2D eigenvalue weighted by Gasteiger charge is -2.21. The van der Waals surface area contributed by atoms with Crippen molar-refractivity contribution in [3.05, 3.63) is 35.6 Å². The van der Waals surface area contributed by atoms with Crippen molar-refractivity contribution in [1.29, 1.82) is 0 Å². The molecule has 0 saturated carbocycles. The molecule has 0 bridgehead atoms. The minimum atomic E-state index is -0.557. The van der Waals surface area contributed by atoms with Gasteiger partial charge < -0.3 is 15.0 Å². The molecule has 1 rings (SSSR count). The highest BCUT2D eigenvalue weighted by atomic mass is 19.1. The molecule has 1 aromatic rings. The Hall–Kier alpha value is -2.55. The van der Waals surface area contributed by atoms with Gasteiger partial charge in [0.1, 0.15) is 11.4 Å². The Labute approximate surface area is 148 Å². The lowest BCUT2D eigenvalue weighted by molar-refractivity contribution is -0.131. The molecule has 0 aliphatic heterocycles. The van der Waals surface area contributed by atoms with Gasteiger partial charge in [-0.15, -0.1) is 6.42 Å². The summed E-state index contributed by atoms with van der Waals surface area (Å²) < 4.78 is 18.1. The van der Waals surface area contributed by atoms with Gasteiger partial charge in [0.25, 0.3) is 0 Å². The molecule has 0 aliphatic rings. The number of rotatable bonds is 7. The smallest absolute Gasteiger partial charge is 0.407 e. The number of carbonyl (C=O) groups excluding carboxylic acids is 2. The van der Waals surface area contributed by atoms with Crippen LogP contribution < -0.4 is 5.32 Å². The van der Waals surface area contributed by atoms with Crippen molar-refractivity contribution in [1.82, 2.24) is 10.2 Å². The van der Waals surface area contributed by atoms with Crippen LogP contribution in [-0.2, 0) is 16.1 Å². The summed E-state index contributed by atoms with van der Waals surface area (Å²) in [5.74, 6) is 2.01. The Morgan fingerprint density at radius 3 is 2.48 bits per heavy atom. The Balaban J connectivity index is 2.42. The molecule has 6 heteroatoms. The second kappa shape index (κ2) is 9.67. The van der Waals surface area contributed by atoms with E-state index < -0.39 is 11.7 Å². The second-order valence-corrected chi connectivity index (χ2v) is 6.61. The predicted octanol–water partition coefficient (Wildman–Crippen LogP) is 3.09. The number of nitrogens with zero attached hydrogens (tertiary/aromatic N) is 1. The van der Waals surface area contributed by atoms with Crippen LogP contribution in [0.25, 0.3) is 0 Å². The molecule has 0 aromatic heterocycles. The number of benzene rings is 1. The number of terminal acetylenes is 1. The van der Waals surface area contributed by atoms with Gasteiger partial charge in [-0.3, -0.25) is 4.79 Å². The standard InChI is InChI=1S/C19H25FN2O3/c1-5-13-22(14-15-8-10-16(20)11-9-15)17(23)7-6-12-21-18(24)25-19(2,3)4/h1,8-11H,6-7,12-14H2,2-4H3,(H,21,24). The highest BCUT2D eigenvalue weighted by Gasteiger charge is 2.16. The predicted molar refractivity (Wildman–Crippen MR) is 94.1 cm³/mol. The molecule has 0 fully saturated rings. The van der Waals surface area contributed by atoms with E-state index in [4.69, 9.17) is 11.2 Å². The molecule has 0 unspecified atom stereocenters. The van der Waals surface area contributed by atoms with Gasteiger partial charge in [-0.25, -0.2) is 9.18 Å². The minimum Gasteiger partial charge on any atom is -0.444 e. The van der Waals surface area contributed by atoms with Crippen molar-refractivity contribution in [2.75, 3.05) is 13.1 Å². The lowest BCUT2D eigenvalue weighted by atomic mass is 10.2. The van der Waals surface area contributed by atoms with Crippen LogP contribution in [0.4, 0.5) is 9.18 Å². The number of carbonyl (C=O) groups is 2. The van der Waals surface area contributed by atoms with Crippen molar-refractivity contribution < 1.29 is 18.7 Å². The van der Waals surface area contributed by atoms with E-state index in [-0.39, 0.29) is 24.7 Å². The van der Waals surface area contributed by atoms with Gasteiger partial charge in [-0.1, -0.05) is 18.1 Å². The lowest BCUT2D eigenvalue weighted by Crippen LogP contribution is -2.34. The van der Waals surface area contributed by atoms with Gasteiger partial charge >= 0.3 is 6.09 Å². The average molecular weight is 348 g/mol. The fourth-order valence-electron chi connectivity index (χ4n) is 2.06. The van der Waals surface area contributed by atoms with Crippen LogP contribution >= 0.6 is 0 Å². The van der Waals surface area contributed by atoms with Gasteiger partial charge in [-0.05, 0) is 44.9 Å². The fraction of sp³-hybridized carbons (Fsp3) is 0.474. The van der Waals surface area contributed by atoms with Crippen LogP contribution in [0.5, 0.6) is 0 Å². The average Bonchev–Trinajstić information content (AvgIpc) is 2.51. The van der Waals surface area contributed by atoms with Gasteiger partial charge in [0.15, 0.2) is 0 Å². The largest absolute Gasteiger partial charge is 0.444 e. The first kappa shape index (κ1) is 20.5. The molecular formula is C19H25FN2O3. The molecule has 0 aliphatic carbocycles. The summed E-state index contributed by atoms with van der Waals surface area (Å²) in [5, 5.41) is 2.61. The van der Waals surface area contributed by atoms with Crippen LogP contribution in [0.2, 0.25) is 0 Å². The van der Waals surface area contributed by atoms with E-state index in [2.05, 4.69) is 11.2 Å². The number of ether oxygens (including phenoxy) is 1. The van der Waals surface area contributed by atoms with Gasteiger partial charge in [0.2, 0.25) is 5.91 Å². The molecule has 0 heterocycles. The van der Waals surface area contributed by atoms with Crippen LogP contribution in [0, 0.1) is 18.2 Å². The molecule has 0 atom stereocenters. The molecule has 2 amide bonds. The second-order valence-electron chi connectivity index (χ2n) is 6.61. The first-order valence-electron chi connectivity index (χ1n) is 8.14. The molecule has 136 valence electrons. The number of alkyl carbamates (subject to hydrolysis) is 1. The zero-order valence-electron chi connectivity index (χ0n) is 15.0. The number of halogens is 1. The number of hydrogen-bond acceptors (Lipinski definition) is 3. The Morgan fingerprint density at radius 2 is 1.92 bits per heavy atom. The maximum Gasteiger partial charge on any atom is 0.407 e. The summed E-state index contributed by atoms with van der Waals surface area (Å²) in [6.07, 6.45) is 5.54. The summed E-state index contributed by atoms with van der Waals surface area (Å²) in [4.78, 5) is 25.3. The minimum absolute atomic E-state index is 0.117. The first-order chi connectivity index (χ1) is 11.7. The zero-order valence-corrected chi connectivity index (χ0v) is 15.0. The number of amides is 2. The highest BCUT2D eigenvalue weighted by molar-refractivity contribution is 5.76. The molecule has 1 N–H and O–H groups in total. The Morgan fingerprint density at radius 1 is 1.28 bits per heavy atom. The molecule has 0 saturated heterocycles. The number of nitrogens with one attached hydrogen (secondary N) is 1. The van der Waals surface area contributed by atoms with Crippen LogP contribution in [-0.4, -0.2) is 35.6 Å². The molecule has 25 heavy (non-hydrogen) atoms. The topological polar surface area (TPSA) is 58.6 Å². The van der Waals surface area contributed by atoms with E-state index in [0.717, 1.165) is 5.56 Å². The fourth-order valence-corrected chi connectivity index (χ4v) is 2.06. The van der Waals surface area contributed by atoms with Gasteiger partial charge in [0, 0.05) is 19.5 Å². The summed E-state index contributed by atoms with van der Waals surface area (Å²) in [7, 11) is 0. The molecule has 5 nitrogen and oxygen atoms in total. The van der Waals surface area contributed by atoms with E-state index in [1.807, 2.05) is 0 Å². The summed E-state index contributed by atoms with van der Waals surface area (Å²) in [6, 6.07) is 5.93. The van der Waals surface area contributed by atoms with Crippen molar-refractivity contribution in [3.63, 3.8) is 0 Å². The van der Waals surface area contributed by atoms with Crippen molar-refractivity contribution >= 4 is 12.0 Å². The monoisotopic (exact) mass is 348 g/mol. The van der Waals surface area contributed by atoms with Crippen molar-refractivity contribution in [3.8, 4) is 12.3 Å². The van der Waals surface area contributed by atoms with E-state index in [1.165, 1.54) is 17.0 Å². The zero-order chi connectivity index (χ0) is 18.9. The van der Waals surface area contributed by atoms with Crippen LogP contribution in [0.1, 0.15) is 39.2 Å². The quantitative estimate of drug-likeness (QED) is 0.608. The maximum atomic E-state index is 12.9. The SMILES string of the molecule is C#CCN(Cc1ccc(F)cc1)C(=O)CCCNC(=O)OC(C)(C)C. The van der Waals surface area contributed by atoms with Crippen molar-refractivity contribution in [2.24, 2.45) is 0 Å². The van der Waals surface area contributed by atoms with Crippen LogP contribution in [0.15, 0.2) is 24.3 Å². The Bertz CT molecular complexity index is 615. The molecule has 0 spiro atoms. The van der Waals surface area contributed by atoms with Gasteiger partial charge in [0.05, 0.1) is 6.54 Å². The number of hydrogen-bond donors (Lipinski definition) is 1. The third-order valence-corrected chi connectivity index (χ3v) is 3.16. The molecular weight excluding hydrogens is 323 g/mol. The molecule has 1 aromatic carbocycles. The normalized spacial score (nSPS) is 10.7. The van der Waals surface area contributed by atoms with Crippen LogP contribution in [0.3, 0.4) is 0 Å². The highest BCUT2D eigenvalue weighted by Crippen LogP contribution is 2.09. The van der Waals surface area contributed by atoms with Crippen molar-refractivity contribution in [2.45, 2.75) is 45.8 Å². The summed E-state index contributed by atoms with van der Waals surface area (Å²) in [6.45, 7) is 6.18.